The van der Waals surface area contributed by atoms with Crippen LogP contribution in [0.1, 0.15) is 23.2 Å². The predicted octanol–water partition coefficient (Wildman–Crippen LogP) is 1.62. The molecular weight excluding hydrogens is 392 g/mol. The van der Waals surface area contributed by atoms with Gasteiger partial charge in [0.25, 0.3) is 11.8 Å². The Morgan fingerprint density at radius 2 is 1.85 bits per heavy atom. The van der Waals surface area contributed by atoms with Crippen molar-refractivity contribution < 1.29 is 17.6 Å². The molecule has 1 N–H and O–H groups in total. The zero-order valence-electron chi connectivity index (χ0n) is 13.9. The average molecular weight is 406 g/mol. The molecule has 0 unspecified atom stereocenters. The fourth-order valence-electron chi connectivity index (χ4n) is 2.66. The van der Waals surface area contributed by atoms with Gasteiger partial charge < -0.3 is 4.42 Å². The summed E-state index contributed by atoms with van der Waals surface area (Å²) in [4.78, 5) is 12.5. The van der Waals surface area contributed by atoms with Crippen LogP contribution >= 0.6 is 11.5 Å². The molecule has 2 aromatic heterocycles. The minimum Gasteiger partial charge on any atom is -0.401 e. The van der Waals surface area contributed by atoms with Crippen molar-refractivity contribution in [2.75, 3.05) is 18.4 Å². The summed E-state index contributed by atoms with van der Waals surface area (Å²) in [6.45, 7) is 1.05. The van der Waals surface area contributed by atoms with Crippen LogP contribution in [0, 0.1) is 0 Å². The number of rotatable bonds is 5. The van der Waals surface area contributed by atoms with Crippen LogP contribution in [0.4, 0.5) is 6.01 Å². The van der Waals surface area contributed by atoms with Crippen LogP contribution < -0.4 is 5.32 Å². The lowest BCUT2D eigenvalue weighted by atomic mass is 10.2. The third-order valence-electron chi connectivity index (χ3n) is 4.04. The van der Waals surface area contributed by atoms with Crippen molar-refractivity contribution in [3.8, 4) is 11.6 Å². The Hall–Kier alpha value is -2.70. The van der Waals surface area contributed by atoms with E-state index in [0.29, 0.717) is 18.8 Å². The van der Waals surface area contributed by atoms with Gasteiger partial charge in [0.1, 0.15) is 0 Å². The molecule has 1 fully saturated rings. The molecule has 3 aromatic rings. The van der Waals surface area contributed by atoms with E-state index in [4.69, 9.17) is 4.42 Å². The molecule has 1 saturated heterocycles. The van der Waals surface area contributed by atoms with Gasteiger partial charge in [0.05, 0.1) is 4.90 Å². The third kappa shape index (κ3) is 3.59. The number of nitrogens with zero attached hydrogens (tertiary/aromatic N) is 5. The SMILES string of the molecule is O=C(Nc1nnc(-c2csnn2)o1)c1ccc(S(=O)(=O)N2CCCC2)cc1. The van der Waals surface area contributed by atoms with E-state index in [1.165, 1.54) is 28.6 Å². The Morgan fingerprint density at radius 3 is 2.52 bits per heavy atom. The molecular formula is C15H14N6O4S2. The van der Waals surface area contributed by atoms with Crippen molar-refractivity contribution in [2.45, 2.75) is 17.7 Å². The summed E-state index contributed by atoms with van der Waals surface area (Å²) in [6.07, 6.45) is 1.73. The molecule has 140 valence electrons. The fraction of sp³-hybridized carbons (Fsp3) is 0.267. The number of benzene rings is 1. The second-order valence-electron chi connectivity index (χ2n) is 5.79. The fourth-order valence-corrected chi connectivity index (χ4v) is 4.61. The highest BCUT2D eigenvalue weighted by Crippen LogP contribution is 2.22. The molecule has 0 radical (unpaired) electrons. The maximum Gasteiger partial charge on any atom is 0.322 e. The van der Waals surface area contributed by atoms with Gasteiger partial charge in [-0.05, 0) is 48.6 Å². The average Bonchev–Trinajstić information content (AvgIpc) is 3.42. The van der Waals surface area contributed by atoms with Crippen LogP contribution in [-0.4, -0.2) is 51.5 Å². The number of sulfonamides is 1. The maximum absolute atomic E-state index is 12.5. The largest absolute Gasteiger partial charge is 0.401 e. The first-order valence-corrected chi connectivity index (χ1v) is 10.3. The van der Waals surface area contributed by atoms with Crippen LogP contribution in [0.5, 0.6) is 0 Å². The third-order valence-corrected chi connectivity index (χ3v) is 6.46. The summed E-state index contributed by atoms with van der Waals surface area (Å²) in [6, 6.07) is 5.64. The first-order chi connectivity index (χ1) is 13.0. The molecule has 0 atom stereocenters. The van der Waals surface area contributed by atoms with Gasteiger partial charge in [-0.1, -0.05) is 9.59 Å². The van der Waals surface area contributed by atoms with Crippen molar-refractivity contribution in [2.24, 2.45) is 0 Å². The number of hydrogen-bond acceptors (Lipinski definition) is 9. The first-order valence-electron chi connectivity index (χ1n) is 8.06. The van der Waals surface area contributed by atoms with Gasteiger partial charge in [0.2, 0.25) is 10.0 Å². The highest BCUT2D eigenvalue weighted by molar-refractivity contribution is 7.89. The van der Waals surface area contributed by atoms with Gasteiger partial charge in [0, 0.05) is 24.0 Å². The van der Waals surface area contributed by atoms with Crippen LogP contribution in [0.15, 0.2) is 39.0 Å². The van der Waals surface area contributed by atoms with Crippen molar-refractivity contribution in [1.82, 2.24) is 24.1 Å². The van der Waals surface area contributed by atoms with Gasteiger partial charge >= 0.3 is 6.01 Å². The smallest absolute Gasteiger partial charge is 0.322 e. The molecule has 1 aromatic carbocycles. The van der Waals surface area contributed by atoms with Crippen molar-refractivity contribution in [3.05, 3.63) is 35.2 Å². The van der Waals surface area contributed by atoms with E-state index >= 15 is 0 Å². The van der Waals surface area contributed by atoms with Crippen LogP contribution in [0.3, 0.4) is 0 Å². The monoisotopic (exact) mass is 406 g/mol. The summed E-state index contributed by atoms with van der Waals surface area (Å²) < 4.78 is 35.5. The Balaban J connectivity index is 1.46. The summed E-state index contributed by atoms with van der Waals surface area (Å²) in [5, 5.41) is 15.4. The molecule has 0 saturated carbocycles. The number of amides is 1. The molecule has 27 heavy (non-hydrogen) atoms. The van der Waals surface area contributed by atoms with Gasteiger partial charge in [-0.2, -0.15) is 4.31 Å². The summed E-state index contributed by atoms with van der Waals surface area (Å²) >= 11 is 1.14. The van der Waals surface area contributed by atoms with E-state index in [2.05, 4.69) is 25.1 Å². The second kappa shape index (κ2) is 7.13. The van der Waals surface area contributed by atoms with Gasteiger partial charge in [-0.25, -0.2) is 8.42 Å². The number of nitrogens with one attached hydrogen (secondary N) is 1. The molecule has 1 aliphatic heterocycles. The Morgan fingerprint density at radius 1 is 1.11 bits per heavy atom. The topological polar surface area (TPSA) is 131 Å². The minimum absolute atomic E-state index is 0.0863. The molecule has 0 bridgehead atoms. The predicted molar refractivity (Wildman–Crippen MR) is 95.6 cm³/mol. The number of carbonyl (C=O) groups is 1. The molecule has 1 amide bonds. The summed E-state index contributed by atoms with van der Waals surface area (Å²) in [5.41, 5.74) is 0.690. The van der Waals surface area contributed by atoms with Crippen LogP contribution in [0.25, 0.3) is 11.6 Å². The molecule has 0 aliphatic carbocycles. The van der Waals surface area contributed by atoms with Crippen LogP contribution in [0.2, 0.25) is 0 Å². The van der Waals surface area contributed by atoms with Crippen LogP contribution in [-0.2, 0) is 10.0 Å². The number of carbonyl (C=O) groups excluding carboxylic acids is 1. The lowest BCUT2D eigenvalue weighted by molar-refractivity contribution is 0.102. The van der Waals surface area contributed by atoms with E-state index in [9.17, 15) is 13.2 Å². The molecule has 12 heteroatoms. The zero-order valence-corrected chi connectivity index (χ0v) is 15.5. The Kier molecular flexibility index (Phi) is 4.68. The lowest BCUT2D eigenvalue weighted by Crippen LogP contribution is -2.27. The molecule has 3 heterocycles. The van der Waals surface area contributed by atoms with Gasteiger partial charge in [0.15, 0.2) is 5.69 Å². The molecule has 1 aliphatic rings. The Bertz CT molecular complexity index is 1040. The minimum atomic E-state index is -3.51. The van der Waals surface area contributed by atoms with E-state index in [-0.39, 0.29) is 22.4 Å². The van der Waals surface area contributed by atoms with Crippen molar-refractivity contribution in [1.29, 1.82) is 0 Å². The number of aromatic nitrogens is 4. The number of anilines is 1. The normalized spacial score (nSPS) is 15.1. The molecule has 0 spiro atoms. The lowest BCUT2D eigenvalue weighted by Gasteiger charge is -2.15. The van der Waals surface area contributed by atoms with E-state index in [0.717, 1.165) is 24.4 Å². The summed E-state index contributed by atoms with van der Waals surface area (Å²) in [7, 11) is -3.51. The molecule has 10 nitrogen and oxygen atoms in total. The molecule has 4 rings (SSSR count). The highest BCUT2D eigenvalue weighted by Gasteiger charge is 2.27. The van der Waals surface area contributed by atoms with E-state index < -0.39 is 15.9 Å². The van der Waals surface area contributed by atoms with E-state index in [1.807, 2.05) is 0 Å². The standard InChI is InChI=1S/C15H14N6O4S2/c22-13(16-15-19-18-14(25-15)12-9-26-20-17-12)10-3-5-11(6-4-10)27(23,24)21-7-1-2-8-21/h3-6,9H,1-2,7-8H2,(H,16,19,22). The van der Waals surface area contributed by atoms with Crippen molar-refractivity contribution in [3.63, 3.8) is 0 Å². The quantitative estimate of drug-likeness (QED) is 0.676. The van der Waals surface area contributed by atoms with Gasteiger partial charge in [-0.3, -0.25) is 10.1 Å². The van der Waals surface area contributed by atoms with E-state index in [1.54, 1.807) is 5.38 Å². The Labute approximate surface area is 158 Å². The number of hydrogen-bond donors (Lipinski definition) is 1. The first kappa shape index (κ1) is 17.7. The summed E-state index contributed by atoms with van der Waals surface area (Å²) in [5.74, 6) is -0.349. The maximum atomic E-state index is 12.5. The highest BCUT2D eigenvalue weighted by atomic mass is 32.2. The zero-order chi connectivity index (χ0) is 18.9. The second-order valence-corrected chi connectivity index (χ2v) is 8.34. The van der Waals surface area contributed by atoms with Gasteiger partial charge in [-0.15, -0.1) is 10.2 Å². The van der Waals surface area contributed by atoms with Crippen molar-refractivity contribution >= 4 is 33.5 Å².